The summed E-state index contributed by atoms with van der Waals surface area (Å²) in [5.41, 5.74) is 9.30. The molecule has 1 aromatic heterocycles. The number of nitrogens with zero attached hydrogens (tertiary/aromatic N) is 1. The van der Waals surface area contributed by atoms with Gasteiger partial charge < -0.3 is 10.3 Å². The van der Waals surface area contributed by atoms with Crippen molar-refractivity contribution in [2.45, 2.75) is 39.2 Å². The van der Waals surface area contributed by atoms with Crippen LogP contribution in [0.25, 0.3) is 11.0 Å². The topological polar surface area (TPSA) is 40.7 Å². The van der Waals surface area contributed by atoms with Crippen LogP contribution in [0.5, 0.6) is 0 Å². The first-order valence-corrected chi connectivity index (χ1v) is 8.46. The highest BCUT2D eigenvalue weighted by atomic mass is 14.9. The largest absolute Gasteiger partial charge is 0.342 e. The van der Waals surface area contributed by atoms with Crippen LogP contribution in [0.15, 0.2) is 30.3 Å². The molecule has 1 aliphatic rings. The Hall–Kier alpha value is -2.13. The molecule has 1 aliphatic carbocycles. The Kier molecular flexibility index (Phi) is 3.66. The van der Waals surface area contributed by atoms with E-state index in [1.807, 2.05) is 7.05 Å². The first-order valence-electron chi connectivity index (χ1n) is 8.46. The van der Waals surface area contributed by atoms with Gasteiger partial charge in [-0.1, -0.05) is 18.2 Å². The van der Waals surface area contributed by atoms with Gasteiger partial charge in [-0.25, -0.2) is 4.98 Å². The van der Waals surface area contributed by atoms with Gasteiger partial charge in [-0.15, -0.1) is 0 Å². The lowest BCUT2D eigenvalue weighted by molar-refractivity contribution is 0.811. The van der Waals surface area contributed by atoms with E-state index in [2.05, 4.69) is 47.6 Å². The molecule has 118 valence electrons. The van der Waals surface area contributed by atoms with Gasteiger partial charge in [0.1, 0.15) is 5.82 Å². The Morgan fingerprint density at radius 2 is 1.96 bits per heavy atom. The molecule has 0 atom stereocenters. The number of rotatable bonds is 4. The van der Waals surface area contributed by atoms with Crippen molar-refractivity contribution in [1.82, 2.24) is 15.3 Å². The van der Waals surface area contributed by atoms with Gasteiger partial charge in [0.25, 0.3) is 0 Å². The second-order valence-electron chi connectivity index (χ2n) is 6.64. The van der Waals surface area contributed by atoms with Gasteiger partial charge in [0.15, 0.2) is 0 Å². The SMILES string of the molecule is CNCc1ccc(Cc2nc3cc4c(cc3[nH]2)CCC4)cc1C. The number of benzene rings is 2. The molecule has 3 heteroatoms. The van der Waals surface area contributed by atoms with Crippen molar-refractivity contribution >= 4 is 11.0 Å². The van der Waals surface area contributed by atoms with Crippen molar-refractivity contribution in [1.29, 1.82) is 0 Å². The molecular weight excluding hydrogens is 282 g/mol. The molecule has 0 aliphatic heterocycles. The summed E-state index contributed by atoms with van der Waals surface area (Å²) in [6.45, 7) is 3.10. The van der Waals surface area contributed by atoms with Crippen molar-refractivity contribution in [3.05, 3.63) is 64.0 Å². The second-order valence-corrected chi connectivity index (χ2v) is 6.64. The summed E-state index contributed by atoms with van der Waals surface area (Å²) in [4.78, 5) is 8.32. The molecule has 2 aromatic carbocycles. The van der Waals surface area contributed by atoms with Gasteiger partial charge in [-0.05, 0) is 73.2 Å². The van der Waals surface area contributed by atoms with Crippen LogP contribution in [0.2, 0.25) is 0 Å². The van der Waals surface area contributed by atoms with Crippen molar-refractivity contribution in [3.63, 3.8) is 0 Å². The van der Waals surface area contributed by atoms with Crippen LogP contribution < -0.4 is 5.32 Å². The van der Waals surface area contributed by atoms with Gasteiger partial charge >= 0.3 is 0 Å². The van der Waals surface area contributed by atoms with E-state index >= 15 is 0 Å². The fourth-order valence-corrected chi connectivity index (χ4v) is 3.67. The molecule has 4 rings (SSSR count). The minimum atomic E-state index is 0.861. The average Bonchev–Trinajstić information content (AvgIpc) is 3.12. The Bertz CT molecular complexity index is 820. The monoisotopic (exact) mass is 305 g/mol. The molecule has 0 spiro atoms. The lowest BCUT2D eigenvalue weighted by Gasteiger charge is -2.07. The fourth-order valence-electron chi connectivity index (χ4n) is 3.67. The lowest BCUT2D eigenvalue weighted by atomic mass is 10.0. The van der Waals surface area contributed by atoms with Crippen LogP contribution in [0, 0.1) is 6.92 Å². The number of aryl methyl sites for hydroxylation is 3. The van der Waals surface area contributed by atoms with Crippen LogP contribution in [0.3, 0.4) is 0 Å². The number of hydrogen-bond acceptors (Lipinski definition) is 2. The van der Waals surface area contributed by atoms with E-state index in [4.69, 9.17) is 4.98 Å². The molecule has 23 heavy (non-hydrogen) atoms. The van der Waals surface area contributed by atoms with Gasteiger partial charge in [-0.2, -0.15) is 0 Å². The van der Waals surface area contributed by atoms with E-state index in [0.717, 1.165) is 24.3 Å². The lowest BCUT2D eigenvalue weighted by Crippen LogP contribution is -2.06. The molecule has 0 amide bonds. The molecule has 0 bridgehead atoms. The molecule has 2 N–H and O–H groups in total. The highest BCUT2D eigenvalue weighted by molar-refractivity contribution is 5.77. The van der Waals surface area contributed by atoms with Crippen molar-refractivity contribution in [3.8, 4) is 0 Å². The number of aromatic amines is 1. The molecule has 3 aromatic rings. The molecule has 3 nitrogen and oxygen atoms in total. The maximum Gasteiger partial charge on any atom is 0.111 e. The van der Waals surface area contributed by atoms with Crippen molar-refractivity contribution in [2.24, 2.45) is 0 Å². The van der Waals surface area contributed by atoms with Gasteiger partial charge in [0.05, 0.1) is 11.0 Å². The summed E-state index contributed by atoms with van der Waals surface area (Å²) in [6, 6.07) is 11.3. The highest BCUT2D eigenvalue weighted by Crippen LogP contribution is 2.26. The molecule has 0 radical (unpaired) electrons. The number of hydrogen-bond donors (Lipinski definition) is 2. The standard InChI is InChI=1S/C20H23N3/c1-13-8-14(6-7-17(13)12-21-2)9-20-22-18-10-15-4-3-5-16(15)11-19(18)23-20/h6-8,10-11,21H,3-5,9,12H2,1-2H3,(H,22,23). The van der Waals surface area contributed by atoms with Gasteiger partial charge in [0.2, 0.25) is 0 Å². The third-order valence-electron chi connectivity index (χ3n) is 4.89. The first kappa shape index (κ1) is 14.5. The smallest absolute Gasteiger partial charge is 0.111 e. The number of nitrogens with one attached hydrogen (secondary N) is 2. The number of imidazole rings is 1. The van der Waals surface area contributed by atoms with Crippen LogP contribution >= 0.6 is 0 Å². The predicted molar refractivity (Wildman–Crippen MR) is 94.9 cm³/mol. The normalized spacial score (nSPS) is 13.7. The number of H-pyrrole nitrogens is 1. The molecule has 1 heterocycles. The van der Waals surface area contributed by atoms with E-state index in [9.17, 15) is 0 Å². The molecule has 0 saturated heterocycles. The zero-order valence-corrected chi connectivity index (χ0v) is 13.9. The minimum absolute atomic E-state index is 0.861. The Morgan fingerprint density at radius 3 is 2.74 bits per heavy atom. The zero-order valence-electron chi connectivity index (χ0n) is 13.9. The molecule has 0 saturated carbocycles. The quantitative estimate of drug-likeness (QED) is 0.772. The predicted octanol–water partition coefficient (Wildman–Crippen LogP) is 3.67. The third kappa shape index (κ3) is 2.77. The van der Waals surface area contributed by atoms with Crippen LogP contribution in [-0.2, 0) is 25.8 Å². The van der Waals surface area contributed by atoms with E-state index in [0.29, 0.717) is 0 Å². The second kappa shape index (κ2) is 5.82. The number of fused-ring (bicyclic) bond motifs is 2. The summed E-state index contributed by atoms with van der Waals surface area (Å²) in [5.74, 6) is 1.06. The average molecular weight is 305 g/mol. The molecular formula is C20H23N3. The summed E-state index contributed by atoms with van der Waals surface area (Å²) in [5, 5.41) is 3.21. The third-order valence-corrected chi connectivity index (χ3v) is 4.89. The first-order chi connectivity index (χ1) is 11.2. The van der Waals surface area contributed by atoms with E-state index in [-0.39, 0.29) is 0 Å². The van der Waals surface area contributed by atoms with Crippen molar-refractivity contribution < 1.29 is 0 Å². The van der Waals surface area contributed by atoms with Crippen LogP contribution in [-0.4, -0.2) is 17.0 Å². The molecule has 0 unspecified atom stereocenters. The minimum Gasteiger partial charge on any atom is -0.342 e. The summed E-state index contributed by atoms with van der Waals surface area (Å²) < 4.78 is 0. The Morgan fingerprint density at radius 1 is 1.13 bits per heavy atom. The maximum absolute atomic E-state index is 4.81. The fraction of sp³-hybridized carbons (Fsp3) is 0.350. The van der Waals surface area contributed by atoms with Gasteiger partial charge in [-0.3, -0.25) is 0 Å². The maximum atomic E-state index is 4.81. The van der Waals surface area contributed by atoms with Crippen molar-refractivity contribution in [2.75, 3.05) is 7.05 Å². The summed E-state index contributed by atoms with van der Waals surface area (Å²) >= 11 is 0. The van der Waals surface area contributed by atoms with Crippen LogP contribution in [0.1, 0.15) is 40.1 Å². The van der Waals surface area contributed by atoms with E-state index in [1.54, 1.807) is 0 Å². The summed E-state index contributed by atoms with van der Waals surface area (Å²) in [6.07, 6.45) is 4.57. The number of aromatic nitrogens is 2. The Labute approximate surface area is 137 Å². The summed E-state index contributed by atoms with van der Waals surface area (Å²) in [7, 11) is 1.99. The van der Waals surface area contributed by atoms with Gasteiger partial charge in [0, 0.05) is 13.0 Å². The van der Waals surface area contributed by atoms with E-state index in [1.165, 1.54) is 52.6 Å². The van der Waals surface area contributed by atoms with Crippen LogP contribution in [0.4, 0.5) is 0 Å². The highest BCUT2D eigenvalue weighted by Gasteiger charge is 2.14. The zero-order chi connectivity index (χ0) is 15.8. The van der Waals surface area contributed by atoms with E-state index < -0.39 is 0 Å². The molecule has 0 fully saturated rings. The Balaban J connectivity index is 1.61.